The van der Waals surface area contributed by atoms with Crippen molar-refractivity contribution in [1.29, 1.82) is 0 Å². The van der Waals surface area contributed by atoms with Crippen molar-refractivity contribution in [3.63, 3.8) is 0 Å². The van der Waals surface area contributed by atoms with E-state index in [0.717, 1.165) is 16.8 Å². The minimum atomic E-state index is 0.0435. The number of para-hydroxylation sites is 1. The van der Waals surface area contributed by atoms with Gasteiger partial charge in [-0.3, -0.25) is 4.79 Å². The van der Waals surface area contributed by atoms with Crippen LogP contribution in [0.4, 0.5) is 0 Å². The van der Waals surface area contributed by atoms with Crippen LogP contribution in [0.5, 0.6) is 5.75 Å². The molecule has 0 spiro atoms. The molecule has 0 aliphatic heterocycles. The first-order valence-electron chi connectivity index (χ1n) is 8.64. The summed E-state index contributed by atoms with van der Waals surface area (Å²) in [6, 6.07) is 16.4. The summed E-state index contributed by atoms with van der Waals surface area (Å²) in [6.45, 7) is 5.76. The maximum atomic E-state index is 12.0. The highest BCUT2D eigenvalue weighted by Gasteiger charge is 2.05. The predicted molar refractivity (Wildman–Crippen MR) is 101 cm³/mol. The number of amides is 1. The second kappa shape index (κ2) is 7.88. The molecular formula is C21H24N2O2. The normalized spacial score (nSPS) is 10.8. The van der Waals surface area contributed by atoms with E-state index in [1.165, 1.54) is 10.9 Å². The summed E-state index contributed by atoms with van der Waals surface area (Å²) in [5.41, 5.74) is 3.50. The van der Waals surface area contributed by atoms with E-state index in [2.05, 4.69) is 41.1 Å². The maximum Gasteiger partial charge on any atom is 0.221 e. The van der Waals surface area contributed by atoms with Crippen LogP contribution in [0.1, 0.15) is 17.5 Å². The molecule has 1 amide bonds. The minimum absolute atomic E-state index is 0.0435. The number of carbonyl (C=O) groups excluding carboxylic acids is 1. The third-order valence-electron chi connectivity index (χ3n) is 4.27. The van der Waals surface area contributed by atoms with Crippen molar-refractivity contribution < 1.29 is 9.53 Å². The van der Waals surface area contributed by atoms with Crippen molar-refractivity contribution in [2.75, 3.05) is 13.2 Å². The van der Waals surface area contributed by atoms with Crippen LogP contribution in [0.15, 0.2) is 54.7 Å². The molecule has 1 N–H and O–H groups in total. The lowest BCUT2D eigenvalue weighted by Gasteiger charge is -2.11. The van der Waals surface area contributed by atoms with E-state index in [4.69, 9.17) is 4.74 Å². The van der Waals surface area contributed by atoms with Crippen molar-refractivity contribution >= 4 is 16.8 Å². The summed E-state index contributed by atoms with van der Waals surface area (Å²) in [5, 5.41) is 4.12. The van der Waals surface area contributed by atoms with Crippen LogP contribution in [-0.2, 0) is 11.3 Å². The first-order chi connectivity index (χ1) is 12.1. The fourth-order valence-corrected chi connectivity index (χ4v) is 2.96. The number of hydrogen-bond donors (Lipinski definition) is 1. The Bertz CT molecular complexity index is 867. The number of nitrogens with one attached hydrogen (secondary N) is 1. The zero-order valence-corrected chi connectivity index (χ0v) is 14.8. The lowest BCUT2D eigenvalue weighted by molar-refractivity contribution is -0.121. The predicted octanol–water partition coefficient (Wildman–Crippen LogP) is 3.84. The van der Waals surface area contributed by atoms with Crippen molar-refractivity contribution in [3.8, 4) is 5.75 Å². The van der Waals surface area contributed by atoms with Crippen LogP contribution in [0.25, 0.3) is 10.9 Å². The van der Waals surface area contributed by atoms with Gasteiger partial charge in [0.15, 0.2) is 0 Å². The van der Waals surface area contributed by atoms with Gasteiger partial charge >= 0.3 is 0 Å². The number of rotatable bonds is 7. The molecule has 0 bridgehead atoms. The molecule has 0 aliphatic rings. The van der Waals surface area contributed by atoms with Gasteiger partial charge in [0, 0.05) is 24.7 Å². The Balaban J connectivity index is 1.41. The number of carbonyl (C=O) groups is 1. The summed E-state index contributed by atoms with van der Waals surface area (Å²) in [6.07, 6.45) is 2.49. The number of nitrogens with zero attached hydrogens (tertiary/aromatic N) is 1. The molecule has 25 heavy (non-hydrogen) atoms. The van der Waals surface area contributed by atoms with Crippen molar-refractivity contribution in [1.82, 2.24) is 9.88 Å². The van der Waals surface area contributed by atoms with Crippen LogP contribution in [-0.4, -0.2) is 23.6 Å². The second-order valence-electron chi connectivity index (χ2n) is 6.29. The van der Waals surface area contributed by atoms with E-state index >= 15 is 0 Å². The SMILES string of the molecule is Cc1ccc(OCCNC(=O)CCn2ccc3ccccc32)c(C)c1. The Morgan fingerprint density at radius 1 is 1.12 bits per heavy atom. The molecule has 1 heterocycles. The molecule has 4 heteroatoms. The zero-order valence-electron chi connectivity index (χ0n) is 14.8. The van der Waals surface area contributed by atoms with Gasteiger partial charge in [0.05, 0.1) is 6.54 Å². The third-order valence-corrected chi connectivity index (χ3v) is 4.27. The highest BCUT2D eigenvalue weighted by Crippen LogP contribution is 2.18. The quantitative estimate of drug-likeness (QED) is 0.666. The first kappa shape index (κ1) is 17.1. The van der Waals surface area contributed by atoms with Gasteiger partial charge in [0.1, 0.15) is 12.4 Å². The molecule has 0 fully saturated rings. The van der Waals surface area contributed by atoms with Crippen LogP contribution in [0.3, 0.4) is 0 Å². The van der Waals surface area contributed by atoms with Crippen molar-refractivity contribution in [2.24, 2.45) is 0 Å². The van der Waals surface area contributed by atoms with E-state index in [1.54, 1.807) is 0 Å². The van der Waals surface area contributed by atoms with Gasteiger partial charge in [-0.25, -0.2) is 0 Å². The number of ether oxygens (including phenoxy) is 1. The lowest BCUT2D eigenvalue weighted by Crippen LogP contribution is -2.28. The molecule has 3 aromatic rings. The fourth-order valence-electron chi connectivity index (χ4n) is 2.96. The molecule has 4 nitrogen and oxygen atoms in total. The number of hydrogen-bond acceptors (Lipinski definition) is 2. The second-order valence-corrected chi connectivity index (χ2v) is 6.29. The van der Waals surface area contributed by atoms with Crippen LogP contribution >= 0.6 is 0 Å². The average Bonchev–Trinajstić information content (AvgIpc) is 3.01. The summed E-state index contributed by atoms with van der Waals surface area (Å²) in [5.74, 6) is 0.917. The largest absolute Gasteiger partial charge is 0.491 e. The van der Waals surface area contributed by atoms with Crippen molar-refractivity contribution in [2.45, 2.75) is 26.8 Å². The smallest absolute Gasteiger partial charge is 0.221 e. The van der Waals surface area contributed by atoms with E-state index in [0.29, 0.717) is 26.1 Å². The van der Waals surface area contributed by atoms with Gasteiger partial charge in [-0.1, -0.05) is 35.9 Å². The molecule has 2 aromatic carbocycles. The monoisotopic (exact) mass is 336 g/mol. The Labute approximate surface area is 148 Å². The maximum absolute atomic E-state index is 12.0. The Morgan fingerprint density at radius 2 is 1.96 bits per heavy atom. The molecule has 0 radical (unpaired) electrons. The minimum Gasteiger partial charge on any atom is -0.491 e. The Hall–Kier alpha value is -2.75. The van der Waals surface area contributed by atoms with Gasteiger partial charge in [0.25, 0.3) is 0 Å². The number of benzene rings is 2. The molecule has 0 atom stereocenters. The van der Waals surface area contributed by atoms with Crippen LogP contribution < -0.4 is 10.1 Å². The Morgan fingerprint density at radius 3 is 2.80 bits per heavy atom. The van der Waals surface area contributed by atoms with E-state index < -0.39 is 0 Å². The molecule has 0 saturated heterocycles. The van der Waals surface area contributed by atoms with Gasteiger partial charge in [-0.05, 0) is 43.0 Å². The third kappa shape index (κ3) is 4.41. The Kier molecular flexibility index (Phi) is 5.39. The van der Waals surface area contributed by atoms with Gasteiger partial charge in [0.2, 0.25) is 5.91 Å². The number of aromatic nitrogens is 1. The topological polar surface area (TPSA) is 43.3 Å². The van der Waals surface area contributed by atoms with Gasteiger partial charge < -0.3 is 14.6 Å². The van der Waals surface area contributed by atoms with Crippen LogP contribution in [0, 0.1) is 13.8 Å². The molecule has 1 aromatic heterocycles. The fraction of sp³-hybridized carbons (Fsp3) is 0.286. The standard InChI is InChI=1S/C21H24N2O2/c1-16-7-8-20(17(2)15-16)25-14-11-22-21(24)10-13-23-12-9-18-5-3-4-6-19(18)23/h3-9,12,15H,10-11,13-14H2,1-2H3,(H,22,24). The van der Waals surface area contributed by atoms with E-state index in [1.807, 2.05) is 37.4 Å². The molecule has 0 saturated carbocycles. The van der Waals surface area contributed by atoms with Gasteiger partial charge in [-0.15, -0.1) is 0 Å². The van der Waals surface area contributed by atoms with E-state index in [-0.39, 0.29) is 5.91 Å². The number of aryl methyl sites for hydroxylation is 3. The summed E-state index contributed by atoms with van der Waals surface area (Å²) in [7, 11) is 0. The highest BCUT2D eigenvalue weighted by molar-refractivity contribution is 5.80. The summed E-state index contributed by atoms with van der Waals surface area (Å²) < 4.78 is 7.84. The van der Waals surface area contributed by atoms with Crippen LogP contribution in [0.2, 0.25) is 0 Å². The molecule has 0 unspecified atom stereocenters. The molecular weight excluding hydrogens is 312 g/mol. The number of fused-ring (bicyclic) bond motifs is 1. The van der Waals surface area contributed by atoms with Gasteiger partial charge in [-0.2, -0.15) is 0 Å². The highest BCUT2D eigenvalue weighted by atomic mass is 16.5. The van der Waals surface area contributed by atoms with Crippen molar-refractivity contribution in [3.05, 3.63) is 65.9 Å². The molecule has 130 valence electrons. The lowest BCUT2D eigenvalue weighted by atomic mass is 10.1. The molecule has 3 rings (SSSR count). The summed E-state index contributed by atoms with van der Waals surface area (Å²) in [4.78, 5) is 12.0. The summed E-state index contributed by atoms with van der Waals surface area (Å²) >= 11 is 0. The average molecular weight is 336 g/mol. The van der Waals surface area contributed by atoms with E-state index in [9.17, 15) is 4.79 Å². The molecule has 0 aliphatic carbocycles. The zero-order chi connectivity index (χ0) is 17.6. The first-order valence-corrected chi connectivity index (χ1v) is 8.64.